The Balaban J connectivity index is 1.44. The number of amides is 2. The lowest BCUT2D eigenvalue weighted by Crippen LogP contribution is -2.32. The van der Waals surface area contributed by atoms with Gasteiger partial charge in [-0.3, -0.25) is 14.5 Å². The average molecular weight is 372 g/mol. The van der Waals surface area contributed by atoms with Crippen LogP contribution in [0.2, 0.25) is 0 Å². The van der Waals surface area contributed by atoms with Gasteiger partial charge in [-0.05, 0) is 45.0 Å². The van der Waals surface area contributed by atoms with E-state index in [1.54, 1.807) is 12.1 Å². The van der Waals surface area contributed by atoms with Crippen molar-refractivity contribution in [2.24, 2.45) is 0 Å². The molecule has 6 nitrogen and oxygen atoms in total. The number of rotatable bonds is 6. The summed E-state index contributed by atoms with van der Waals surface area (Å²) < 4.78 is 0. The molecule has 1 aliphatic rings. The van der Waals surface area contributed by atoms with Gasteiger partial charge >= 0.3 is 0 Å². The van der Waals surface area contributed by atoms with Crippen molar-refractivity contribution in [2.45, 2.75) is 32.7 Å². The minimum Gasteiger partial charge on any atom is -0.343 e. The van der Waals surface area contributed by atoms with Crippen molar-refractivity contribution in [1.82, 2.24) is 15.2 Å². The van der Waals surface area contributed by atoms with Gasteiger partial charge in [0.2, 0.25) is 5.91 Å². The molecular formula is C19H24N4O2S. The highest BCUT2D eigenvalue weighted by Gasteiger charge is 2.13. The van der Waals surface area contributed by atoms with Crippen LogP contribution in [0, 0.1) is 6.92 Å². The Hall–Kier alpha value is -2.25. The van der Waals surface area contributed by atoms with Crippen molar-refractivity contribution in [2.75, 3.05) is 25.0 Å². The molecule has 138 valence electrons. The third-order valence-electron chi connectivity index (χ3n) is 4.36. The predicted molar refractivity (Wildman–Crippen MR) is 103 cm³/mol. The van der Waals surface area contributed by atoms with E-state index in [2.05, 4.69) is 20.5 Å². The summed E-state index contributed by atoms with van der Waals surface area (Å²) in [6, 6.07) is 7.23. The Morgan fingerprint density at radius 2 is 1.88 bits per heavy atom. The van der Waals surface area contributed by atoms with Gasteiger partial charge < -0.3 is 10.6 Å². The van der Waals surface area contributed by atoms with Crippen LogP contribution in [0.25, 0.3) is 0 Å². The van der Waals surface area contributed by atoms with Gasteiger partial charge in [0.15, 0.2) is 5.13 Å². The van der Waals surface area contributed by atoms with E-state index in [0.717, 1.165) is 30.9 Å². The molecule has 2 N–H and O–H groups in total. The van der Waals surface area contributed by atoms with Gasteiger partial charge in [0.1, 0.15) is 0 Å². The van der Waals surface area contributed by atoms with E-state index in [9.17, 15) is 9.59 Å². The highest BCUT2D eigenvalue weighted by Crippen LogP contribution is 2.18. The maximum Gasteiger partial charge on any atom is 0.251 e. The molecule has 2 heterocycles. The van der Waals surface area contributed by atoms with Gasteiger partial charge in [0.25, 0.3) is 5.91 Å². The van der Waals surface area contributed by atoms with Gasteiger partial charge in [0.05, 0.1) is 12.2 Å². The Morgan fingerprint density at radius 1 is 1.15 bits per heavy atom. The van der Waals surface area contributed by atoms with E-state index in [1.165, 1.54) is 30.6 Å². The first-order valence-electron chi connectivity index (χ1n) is 8.91. The first kappa shape index (κ1) is 18.5. The molecule has 0 bridgehead atoms. The van der Waals surface area contributed by atoms with Gasteiger partial charge in [0, 0.05) is 17.5 Å². The standard InChI is InChI=1S/C19H24N4O2S/c1-14-5-7-15(8-6-14)18(25)20-11-17(24)22-19-21-16(13-26-19)12-23-9-3-2-4-10-23/h5-8,13H,2-4,9-12H2,1H3,(H,20,25)(H,21,22,24). The highest BCUT2D eigenvalue weighted by atomic mass is 32.1. The molecule has 1 aromatic carbocycles. The first-order chi connectivity index (χ1) is 12.6. The molecule has 0 unspecified atom stereocenters. The van der Waals surface area contributed by atoms with Crippen LogP contribution in [0.5, 0.6) is 0 Å². The number of carbonyl (C=O) groups is 2. The Bertz CT molecular complexity index is 751. The minimum atomic E-state index is -0.274. The monoisotopic (exact) mass is 372 g/mol. The van der Waals surface area contributed by atoms with Gasteiger partial charge in [-0.15, -0.1) is 11.3 Å². The molecule has 0 radical (unpaired) electrons. The number of piperidine rings is 1. The van der Waals surface area contributed by atoms with E-state index in [1.807, 2.05) is 24.4 Å². The van der Waals surface area contributed by atoms with Crippen molar-refractivity contribution in [1.29, 1.82) is 0 Å². The zero-order valence-electron chi connectivity index (χ0n) is 15.0. The van der Waals surface area contributed by atoms with Crippen LogP contribution in [-0.4, -0.2) is 41.3 Å². The number of nitrogens with zero attached hydrogens (tertiary/aromatic N) is 2. The summed E-state index contributed by atoms with van der Waals surface area (Å²) in [5, 5.41) is 7.94. The summed E-state index contributed by atoms with van der Waals surface area (Å²) in [5.74, 6) is -0.533. The molecule has 0 atom stereocenters. The van der Waals surface area contributed by atoms with Crippen LogP contribution in [0.4, 0.5) is 5.13 Å². The molecule has 2 aromatic rings. The Morgan fingerprint density at radius 3 is 2.62 bits per heavy atom. The maximum absolute atomic E-state index is 12.0. The van der Waals surface area contributed by atoms with E-state index < -0.39 is 0 Å². The highest BCUT2D eigenvalue weighted by molar-refractivity contribution is 7.13. The van der Waals surface area contributed by atoms with Crippen LogP contribution < -0.4 is 10.6 Å². The summed E-state index contributed by atoms with van der Waals surface area (Å²) >= 11 is 1.42. The average Bonchev–Trinajstić information content (AvgIpc) is 3.08. The minimum absolute atomic E-state index is 0.0756. The third-order valence-corrected chi connectivity index (χ3v) is 5.16. The van der Waals surface area contributed by atoms with E-state index in [4.69, 9.17) is 0 Å². The molecule has 3 rings (SSSR count). The molecule has 0 spiro atoms. The number of carbonyl (C=O) groups excluding carboxylic acids is 2. The number of thiazole rings is 1. The fourth-order valence-corrected chi connectivity index (χ4v) is 3.63. The van der Waals surface area contributed by atoms with Gasteiger partial charge in [-0.25, -0.2) is 4.98 Å². The fraction of sp³-hybridized carbons (Fsp3) is 0.421. The number of hydrogen-bond acceptors (Lipinski definition) is 5. The van der Waals surface area contributed by atoms with Gasteiger partial charge in [-0.1, -0.05) is 24.1 Å². The number of benzene rings is 1. The zero-order chi connectivity index (χ0) is 18.4. The van der Waals surface area contributed by atoms with Crippen molar-refractivity contribution >= 4 is 28.3 Å². The van der Waals surface area contributed by atoms with Crippen molar-refractivity contribution in [3.05, 3.63) is 46.5 Å². The second-order valence-electron chi connectivity index (χ2n) is 6.58. The lowest BCUT2D eigenvalue weighted by atomic mass is 10.1. The molecule has 0 aliphatic carbocycles. The molecule has 1 aromatic heterocycles. The molecule has 1 fully saturated rings. The van der Waals surface area contributed by atoms with Crippen molar-refractivity contribution < 1.29 is 9.59 Å². The number of likely N-dealkylation sites (tertiary alicyclic amines) is 1. The fourth-order valence-electron chi connectivity index (χ4n) is 2.91. The van der Waals surface area contributed by atoms with E-state index in [-0.39, 0.29) is 18.4 Å². The van der Waals surface area contributed by atoms with Crippen LogP contribution in [-0.2, 0) is 11.3 Å². The molecule has 7 heteroatoms. The number of hydrogen-bond donors (Lipinski definition) is 2. The van der Waals surface area contributed by atoms with Gasteiger partial charge in [-0.2, -0.15) is 0 Å². The summed E-state index contributed by atoms with van der Waals surface area (Å²) in [6.07, 6.45) is 3.80. The Labute approximate surface area is 157 Å². The quantitative estimate of drug-likeness (QED) is 0.818. The molecular weight excluding hydrogens is 348 g/mol. The zero-order valence-corrected chi connectivity index (χ0v) is 15.8. The molecule has 1 saturated heterocycles. The number of aromatic nitrogens is 1. The smallest absolute Gasteiger partial charge is 0.251 e. The second kappa shape index (κ2) is 8.91. The van der Waals surface area contributed by atoms with Crippen LogP contribution in [0.1, 0.15) is 40.9 Å². The van der Waals surface area contributed by atoms with Crippen LogP contribution in [0.3, 0.4) is 0 Å². The summed E-state index contributed by atoms with van der Waals surface area (Å²) in [4.78, 5) is 30.9. The second-order valence-corrected chi connectivity index (χ2v) is 7.44. The summed E-state index contributed by atoms with van der Waals surface area (Å²) in [6.45, 7) is 4.95. The van der Waals surface area contributed by atoms with Crippen molar-refractivity contribution in [3.8, 4) is 0 Å². The molecule has 1 aliphatic heterocycles. The van der Waals surface area contributed by atoms with Crippen molar-refractivity contribution in [3.63, 3.8) is 0 Å². The Kier molecular flexibility index (Phi) is 6.35. The molecule has 2 amide bonds. The molecule has 26 heavy (non-hydrogen) atoms. The van der Waals surface area contributed by atoms with E-state index >= 15 is 0 Å². The lowest BCUT2D eigenvalue weighted by Gasteiger charge is -2.25. The molecule has 0 saturated carbocycles. The van der Waals surface area contributed by atoms with E-state index in [0.29, 0.717) is 10.7 Å². The first-order valence-corrected chi connectivity index (χ1v) is 9.79. The van der Waals surface area contributed by atoms with Crippen LogP contribution in [0.15, 0.2) is 29.6 Å². The normalized spacial score (nSPS) is 14.8. The summed E-state index contributed by atoms with van der Waals surface area (Å²) in [5.41, 5.74) is 2.61. The third kappa shape index (κ3) is 5.37. The maximum atomic E-state index is 12.0. The summed E-state index contributed by atoms with van der Waals surface area (Å²) in [7, 11) is 0. The lowest BCUT2D eigenvalue weighted by molar-refractivity contribution is -0.115. The topological polar surface area (TPSA) is 74.3 Å². The number of aryl methyl sites for hydroxylation is 1. The number of nitrogens with one attached hydrogen (secondary N) is 2. The number of anilines is 1. The predicted octanol–water partition coefficient (Wildman–Crippen LogP) is 2.81. The largest absolute Gasteiger partial charge is 0.343 e. The van der Waals surface area contributed by atoms with Crippen LogP contribution >= 0.6 is 11.3 Å². The SMILES string of the molecule is Cc1ccc(C(=O)NCC(=O)Nc2nc(CN3CCCCC3)cs2)cc1.